The zero-order valence-corrected chi connectivity index (χ0v) is 26.4. The summed E-state index contributed by atoms with van der Waals surface area (Å²) < 4.78 is 33.9. The lowest BCUT2D eigenvalue weighted by Crippen LogP contribution is -2.40. The van der Waals surface area contributed by atoms with Gasteiger partial charge in [-0.15, -0.1) is 0 Å². The van der Waals surface area contributed by atoms with Gasteiger partial charge in [0.05, 0.1) is 48.8 Å². The van der Waals surface area contributed by atoms with Crippen molar-refractivity contribution in [2.24, 2.45) is 4.99 Å². The van der Waals surface area contributed by atoms with Crippen LogP contribution in [0.5, 0.6) is 17.2 Å². The average Bonchev–Trinajstić information content (AvgIpc) is 3.33. The number of carbonyl (C=O) groups is 3. The lowest BCUT2D eigenvalue weighted by atomic mass is 9.95. The van der Waals surface area contributed by atoms with Crippen LogP contribution in [-0.4, -0.2) is 62.6 Å². The Labute approximate surface area is 263 Å². The monoisotopic (exact) mass is 638 g/mol. The third-order valence-electron chi connectivity index (χ3n) is 6.53. The number of aromatic nitrogens is 1. The number of hydrogen-bond acceptors (Lipinski definition) is 12. The van der Waals surface area contributed by atoms with Crippen LogP contribution in [0.1, 0.15) is 44.9 Å². The maximum Gasteiger partial charge on any atom is 0.344 e. The van der Waals surface area contributed by atoms with Gasteiger partial charge in [-0.25, -0.2) is 19.4 Å². The molecule has 0 saturated carbocycles. The maximum absolute atomic E-state index is 14.1. The number of hydrogen-bond donors (Lipinski definition) is 0. The van der Waals surface area contributed by atoms with Crippen molar-refractivity contribution in [3.63, 3.8) is 0 Å². The first-order valence-corrected chi connectivity index (χ1v) is 15.1. The molecule has 0 N–H and O–H groups in total. The molecule has 1 aliphatic rings. The van der Waals surface area contributed by atoms with Crippen LogP contribution in [0.15, 0.2) is 63.5 Å². The number of thiazole rings is 1. The fourth-order valence-corrected chi connectivity index (χ4v) is 5.63. The van der Waals surface area contributed by atoms with Crippen LogP contribution in [0.3, 0.4) is 0 Å². The van der Waals surface area contributed by atoms with Crippen molar-refractivity contribution in [2.45, 2.75) is 33.7 Å². The quantitative estimate of drug-likeness (QED) is 0.203. The number of rotatable bonds is 13. The molecule has 2 heterocycles. The molecule has 4 rings (SSSR count). The highest BCUT2D eigenvalue weighted by Gasteiger charge is 2.34. The fourth-order valence-electron chi connectivity index (χ4n) is 4.60. The van der Waals surface area contributed by atoms with Crippen LogP contribution in [0.2, 0.25) is 0 Å². The van der Waals surface area contributed by atoms with Gasteiger partial charge < -0.3 is 28.4 Å². The minimum absolute atomic E-state index is 0.125. The Morgan fingerprint density at radius 3 is 2.31 bits per heavy atom. The van der Waals surface area contributed by atoms with E-state index in [2.05, 4.69) is 9.73 Å². The molecule has 13 heteroatoms. The summed E-state index contributed by atoms with van der Waals surface area (Å²) in [6.45, 7) is 6.91. The van der Waals surface area contributed by atoms with Crippen molar-refractivity contribution in [3.8, 4) is 17.2 Å². The maximum atomic E-state index is 14.1. The molecule has 0 unspecified atom stereocenters. The first kappa shape index (κ1) is 33.0. The second-order valence-corrected chi connectivity index (χ2v) is 10.4. The molecule has 0 fully saturated rings. The molecule has 0 aliphatic carbocycles. The minimum Gasteiger partial charge on any atom is -0.490 e. The summed E-state index contributed by atoms with van der Waals surface area (Å²) in [6.07, 6.45) is 1.65. The van der Waals surface area contributed by atoms with Gasteiger partial charge in [0.25, 0.3) is 5.56 Å². The van der Waals surface area contributed by atoms with Gasteiger partial charge in [-0.05, 0) is 57.5 Å². The van der Waals surface area contributed by atoms with Crippen LogP contribution >= 0.6 is 11.3 Å². The number of benzene rings is 2. The molecule has 1 aliphatic heterocycles. The van der Waals surface area contributed by atoms with Gasteiger partial charge >= 0.3 is 17.9 Å². The summed E-state index contributed by atoms with van der Waals surface area (Å²) in [5.74, 6) is -0.700. The second-order valence-electron chi connectivity index (χ2n) is 9.44. The van der Waals surface area contributed by atoms with Gasteiger partial charge in [0.2, 0.25) is 0 Å². The largest absolute Gasteiger partial charge is 0.490 e. The Balaban J connectivity index is 1.85. The van der Waals surface area contributed by atoms with Crippen molar-refractivity contribution in [1.29, 1.82) is 0 Å². The van der Waals surface area contributed by atoms with E-state index in [1.807, 2.05) is 0 Å². The van der Waals surface area contributed by atoms with Crippen LogP contribution < -0.4 is 29.1 Å². The van der Waals surface area contributed by atoms with Crippen molar-refractivity contribution in [2.75, 3.05) is 40.1 Å². The Kier molecular flexibility index (Phi) is 11.1. The van der Waals surface area contributed by atoms with E-state index in [1.54, 1.807) is 76.2 Å². The molecule has 12 nitrogen and oxygen atoms in total. The summed E-state index contributed by atoms with van der Waals surface area (Å²) >= 11 is 1.15. The smallest absolute Gasteiger partial charge is 0.344 e. The molecule has 0 bridgehead atoms. The molecule has 0 saturated heterocycles. The lowest BCUT2D eigenvalue weighted by molar-refractivity contribution is -0.145. The molecule has 0 spiro atoms. The molecule has 1 atom stereocenters. The van der Waals surface area contributed by atoms with E-state index in [0.29, 0.717) is 37.7 Å². The zero-order chi connectivity index (χ0) is 32.5. The number of ether oxygens (including phenoxy) is 6. The van der Waals surface area contributed by atoms with Crippen molar-refractivity contribution < 1.29 is 42.8 Å². The van der Waals surface area contributed by atoms with Crippen molar-refractivity contribution in [1.82, 2.24) is 4.57 Å². The summed E-state index contributed by atoms with van der Waals surface area (Å²) in [5, 5.41) is 0. The summed E-state index contributed by atoms with van der Waals surface area (Å²) in [5.41, 5.74) is 1.29. The van der Waals surface area contributed by atoms with E-state index in [1.165, 1.54) is 11.7 Å². The van der Waals surface area contributed by atoms with Crippen molar-refractivity contribution in [3.05, 3.63) is 84.5 Å². The van der Waals surface area contributed by atoms with Crippen LogP contribution in [0.4, 0.5) is 0 Å². The van der Waals surface area contributed by atoms with Crippen molar-refractivity contribution >= 4 is 35.3 Å². The van der Waals surface area contributed by atoms with Gasteiger partial charge in [-0.2, -0.15) is 0 Å². The SMILES string of the molecule is CCOC(=O)COc1ccccc1/C=c1/sc2n(c1=O)[C@@H](c1ccc(OCC(=O)OC)c(OCC)c1)C(C(=O)OCC)=C(C)N=2. The highest BCUT2D eigenvalue weighted by Crippen LogP contribution is 2.36. The number of para-hydroxylation sites is 1. The molecule has 2 aromatic carbocycles. The second kappa shape index (κ2) is 15.2. The summed E-state index contributed by atoms with van der Waals surface area (Å²) in [4.78, 5) is 55.9. The van der Waals surface area contributed by atoms with Crippen LogP contribution in [-0.2, 0) is 28.6 Å². The zero-order valence-electron chi connectivity index (χ0n) is 25.6. The number of esters is 3. The Hall–Kier alpha value is -4.91. The van der Waals surface area contributed by atoms with Gasteiger partial charge in [-0.1, -0.05) is 35.6 Å². The van der Waals surface area contributed by atoms with Crippen LogP contribution in [0.25, 0.3) is 6.08 Å². The van der Waals surface area contributed by atoms with E-state index < -0.39 is 29.5 Å². The Morgan fingerprint density at radius 1 is 0.889 bits per heavy atom. The number of nitrogens with zero attached hydrogens (tertiary/aromatic N) is 2. The average molecular weight is 639 g/mol. The van der Waals surface area contributed by atoms with Crippen LogP contribution in [0, 0.1) is 0 Å². The Morgan fingerprint density at radius 2 is 1.60 bits per heavy atom. The predicted octanol–water partition coefficient (Wildman–Crippen LogP) is 2.69. The Bertz CT molecular complexity index is 1790. The third-order valence-corrected chi connectivity index (χ3v) is 7.51. The third kappa shape index (κ3) is 7.60. The predicted molar refractivity (Wildman–Crippen MR) is 164 cm³/mol. The molecule has 3 aromatic rings. The number of fused-ring (bicyclic) bond motifs is 1. The van der Waals surface area contributed by atoms with E-state index in [-0.39, 0.29) is 44.4 Å². The van der Waals surface area contributed by atoms with Gasteiger partial charge in [0.15, 0.2) is 29.5 Å². The normalized spacial score (nSPS) is 14.2. The molecule has 0 amide bonds. The van der Waals surface area contributed by atoms with E-state index in [0.717, 1.165) is 11.3 Å². The standard InChI is InChI=1S/C32H34N2O10S/c1-6-40-24-15-21(13-14-23(24)44-17-26(35)39-5)29-28(31(38)42-8-3)19(4)33-32-34(29)30(37)25(45-32)16-20-11-9-10-12-22(20)43-18-27(36)41-7-2/h9-16,29H,6-8,17-18H2,1-5H3/b25-16+/t29-/m0/s1. The molecule has 0 radical (unpaired) electrons. The molecule has 238 valence electrons. The molecular weight excluding hydrogens is 604 g/mol. The lowest BCUT2D eigenvalue weighted by Gasteiger charge is -2.25. The fraction of sp³-hybridized carbons (Fsp3) is 0.344. The number of carbonyl (C=O) groups excluding carboxylic acids is 3. The van der Waals surface area contributed by atoms with E-state index >= 15 is 0 Å². The number of methoxy groups -OCH3 is 1. The molecule has 45 heavy (non-hydrogen) atoms. The highest BCUT2D eigenvalue weighted by molar-refractivity contribution is 7.07. The van der Waals surface area contributed by atoms with Gasteiger partial charge in [-0.3, -0.25) is 9.36 Å². The topological polar surface area (TPSA) is 141 Å². The van der Waals surface area contributed by atoms with Gasteiger partial charge in [0, 0.05) is 5.56 Å². The molecule has 1 aromatic heterocycles. The summed E-state index contributed by atoms with van der Waals surface area (Å²) in [7, 11) is 1.26. The first-order valence-electron chi connectivity index (χ1n) is 14.3. The summed E-state index contributed by atoms with van der Waals surface area (Å²) in [6, 6.07) is 11.0. The molecular formula is C32H34N2O10S. The van der Waals surface area contributed by atoms with E-state index in [9.17, 15) is 19.2 Å². The first-order chi connectivity index (χ1) is 21.7. The van der Waals surface area contributed by atoms with E-state index in [4.69, 9.17) is 23.7 Å². The minimum atomic E-state index is -0.911. The highest BCUT2D eigenvalue weighted by atomic mass is 32.1. The number of allylic oxidation sites excluding steroid dienone is 1. The van der Waals surface area contributed by atoms with Gasteiger partial charge in [0.1, 0.15) is 5.75 Å².